The smallest absolute Gasteiger partial charge is 0.239 e. The molecule has 0 saturated carbocycles. The fourth-order valence-corrected chi connectivity index (χ4v) is 3.99. The highest BCUT2D eigenvalue weighted by Crippen LogP contribution is 2.33. The van der Waals surface area contributed by atoms with Gasteiger partial charge in [0.25, 0.3) is 0 Å². The van der Waals surface area contributed by atoms with Gasteiger partial charge in [-0.2, -0.15) is 5.26 Å². The van der Waals surface area contributed by atoms with Gasteiger partial charge >= 0.3 is 0 Å². The van der Waals surface area contributed by atoms with Crippen LogP contribution in [0, 0.1) is 18.3 Å². The Hall–Kier alpha value is -2.98. The van der Waals surface area contributed by atoms with Crippen molar-refractivity contribution < 1.29 is 13.2 Å². The van der Waals surface area contributed by atoms with Gasteiger partial charge in [-0.25, -0.2) is 18.4 Å². The lowest BCUT2D eigenvalue weighted by molar-refractivity contribution is 0.230. The second-order valence-electron chi connectivity index (χ2n) is 6.44. The molecule has 1 atom stereocenters. The molecule has 0 radical (unpaired) electrons. The molecule has 7 heteroatoms. The lowest BCUT2D eigenvalue weighted by Gasteiger charge is -2.17. The molecule has 0 N–H and O–H groups in total. The van der Waals surface area contributed by atoms with Gasteiger partial charge in [0.2, 0.25) is 15.7 Å². The molecule has 27 heavy (non-hydrogen) atoms. The Morgan fingerprint density at radius 3 is 2.15 bits per heavy atom. The van der Waals surface area contributed by atoms with Crippen LogP contribution >= 0.6 is 0 Å². The maximum absolute atomic E-state index is 13.1. The predicted molar refractivity (Wildman–Crippen MR) is 102 cm³/mol. The van der Waals surface area contributed by atoms with E-state index in [-0.39, 0.29) is 22.6 Å². The molecule has 3 aromatic rings. The number of nitriles is 1. The summed E-state index contributed by atoms with van der Waals surface area (Å²) in [4.78, 5) is 8.89. The van der Waals surface area contributed by atoms with Crippen LogP contribution in [-0.4, -0.2) is 24.5 Å². The van der Waals surface area contributed by atoms with Crippen molar-refractivity contribution in [2.24, 2.45) is 0 Å². The van der Waals surface area contributed by atoms with Gasteiger partial charge in [0.05, 0.1) is 28.1 Å². The van der Waals surface area contributed by atoms with Gasteiger partial charge in [-0.3, -0.25) is 0 Å². The Bertz CT molecular complexity index is 1120. The predicted octanol–water partition coefficient (Wildman–Crippen LogP) is 3.76. The van der Waals surface area contributed by atoms with Gasteiger partial charge in [0, 0.05) is 0 Å². The molecule has 2 aromatic carbocycles. The van der Waals surface area contributed by atoms with Crippen LogP contribution in [0.25, 0.3) is 11.0 Å². The average molecular weight is 381 g/mol. The summed E-state index contributed by atoms with van der Waals surface area (Å²) in [5, 5.41) is 8.19. The fourth-order valence-electron chi connectivity index (χ4n) is 2.62. The molecule has 0 unspecified atom stereocenters. The highest BCUT2D eigenvalue weighted by atomic mass is 32.2. The molecule has 0 saturated heterocycles. The zero-order chi connectivity index (χ0) is 19.6. The van der Waals surface area contributed by atoms with E-state index in [1.165, 1.54) is 12.1 Å². The number of aryl methyl sites for hydroxylation is 1. The number of sulfone groups is 1. The molecule has 0 fully saturated rings. The normalized spacial score (nSPS) is 12.7. The summed E-state index contributed by atoms with van der Waals surface area (Å²) in [7, 11) is -3.99. The first kappa shape index (κ1) is 18.8. The van der Waals surface area contributed by atoms with Crippen molar-refractivity contribution in [1.82, 2.24) is 9.97 Å². The minimum atomic E-state index is -3.99. The Morgan fingerprint density at radius 2 is 1.59 bits per heavy atom. The Balaban J connectivity index is 2.20. The number of nitrogens with zero attached hydrogens (tertiary/aromatic N) is 3. The summed E-state index contributed by atoms with van der Waals surface area (Å²) in [6, 6.07) is 15.3. The first-order chi connectivity index (χ1) is 12.8. The maximum Gasteiger partial charge on any atom is 0.239 e. The van der Waals surface area contributed by atoms with Gasteiger partial charge in [0.15, 0.2) is 5.25 Å². The molecule has 0 bridgehead atoms. The number of hydrogen-bond donors (Lipinski definition) is 0. The van der Waals surface area contributed by atoms with Crippen molar-refractivity contribution in [1.29, 1.82) is 5.26 Å². The van der Waals surface area contributed by atoms with E-state index < -0.39 is 15.1 Å². The van der Waals surface area contributed by atoms with Crippen molar-refractivity contribution >= 4 is 20.9 Å². The molecule has 0 aliphatic rings. The third kappa shape index (κ3) is 3.76. The molecule has 0 aliphatic carbocycles. The fraction of sp³-hybridized carbons (Fsp3) is 0.250. The quantitative estimate of drug-likeness (QED) is 0.668. The Labute approximate surface area is 158 Å². The first-order valence-electron chi connectivity index (χ1n) is 8.46. The van der Waals surface area contributed by atoms with Crippen LogP contribution in [-0.2, 0) is 9.84 Å². The van der Waals surface area contributed by atoms with E-state index in [0.717, 1.165) is 5.56 Å². The van der Waals surface area contributed by atoms with Crippen LogP contribution in [0.2, 0.25) is 0 Å². The Morgan fingerprint density at radius 1 is 1.00 bits per heavy atom. The number of hydrogen-bond acceptors (Lipinski definition) is 6. The Kier molecular flexibility index (Phi) is 5.10. The second-order valence-corrected chi connectivity index (χ2v) is 8.47. The minimum absolute atomic E-state index is 0.00507. The third-order valence-corrected chi connectivity index (χ3v) is 5.82. The molecule has 3 rings (SSSR count). The molecule has 1 aromatic heterocycles. The molecule has 1 heterocycles. The van der Waals surface area contributed by atoms with E-state index >= 15 is 0 Å². The van der Waals surface area contributed by atoms with Crippen LogP contribution in [0.1, 0.15) is 30.4 Å². The third-order valence-electron chi connectivity index (χ3n) is 3.94. The SMILES string of the molecule is Cc1ccc(S(=O)(=O)[C@H](C#N)c2nc3ccccc3nc2OC(C)C)cc1. The summed E-state index contributed by atoms with van der Waals surface area (Å²) in [5.41, 5.74) is 2.01. The van der Waals surface area contributed by atoms with Gasteiger partial charge in [-0.05, 0) is 45.0 Å². The summed E-state index contributed by atoms with van der Waals surface area (Å²) in [6.07, 6.45) is -0.249. The van der Waals surface area contributed by atoms with E-state index in [9.17, 15) is 13.7 Å². The van der Waals surface area contributed by atoms with Gasteiger partial charge in [-0.15, -0.1) is 0 Å². The molecule has 138 valence electrons. The van der Waals surface area contributed by atoms with E-state index in [1.54, 1.807) is 50.2 Å². The summed E-state index contributed by atoms with van der Waals surface area (Å²) >= 11 is 0. The van der Waals surface area contributed by atoms with E-state index in [0.29, 0.717) is 11.0 Å². The molecule has 6 nitrogen and oxygen atoms in total. The van der Waals surface area contributed by atoms with Crippen molar-refractivity contribution in [2.45, 2.75) is 37.0 Å². The van der Waals surface area contributed by atoms with Crippen LogP contribution in [0.3, 0.4) is 0 Å². The maximum atomic E-state index is 13.1. The highest BCUT2D eigenvalue weighted by molar-refractivity contribution is 7.92. The lowest BCUT2D eigenvalue weighted by atomic mass is 10.2. The summed E-state index contributed by atoms with van der Waals surface area (Å²) in [5.74, 6) is 0.0611. The number of benzene rings is 2. The minimum Gasteiger partial charge on any atom is -0.474 e. The zero-order valence-electron chi connectivity index (χ0n) is 15.2. The number of rotatable bonds is 5. The lowest BCUT2D eigenvalue weighted by Crippen LogP contribution is -2.18. The van der Waals surface area contributed by atoms with Crippen LogP contribution in [0.5, 0.6) is 5.88 Å². The molecule has 0 spiro atoms. The average Bonchev–Trinajstić information content (AvgIpc) is 2.62. The largest absolute Gasteiger partial charge is 0.474 e. The van der Waals surface area contributed by atoms with E-state index in [4.69, 9.17) is 4.74 Å². The molecular weight excluding hydrogens is 362 g/mol. The molecular formula is C20H19N3O3S. The number of aromatic nitrogens is 2. The number of para-hydroxylation sites is 2. The number of fused-ring (bicyclic) bond motifs is 1. The van der Waals surface area contributed by atoms with Crippen LogP contribution < -0.4 is 4.74 Å². The summed E-state index contributed by atoms with van der Waals surface area (Å²) < 4.78 is 31.9. The van der Waals surface area contributed by atoms with E-state index in [2.05, 4.69) is 9.97 Å². The van der Waals surface area contributed by atoms with Crippen LogP contribution in [0.15, 0.2) is 53.4 Å². The van der Waals surface area contributed by atoms with Crippen molar-refractivity contribution in [2.75, 3.05) is 0 Å². The van der Waals surface area contributed by atoms with Crippen molar-refractivity contribution in [3.8, 4) is 11.9 Å². The van der Waals surface area contributed by atoms with E-state index in [1.807, 2.05) is 13.0 Å². The van der Waals surface area contributed by atoms with Gasteiger partial charge in [-0.1, -0.05) is 29.8 Å². The van der Waals surface area contributed by atoms with Crippen LogP contribution in [0.4, 0.5) is 0 Å². The molecule has 0 aliphatic heterocycles. The highest BCUT2D eigenvalue weighted by Gasteiger charge is 2.34. The number of ether oxygens (including phenoxy) is 1. The zero-order valence-corrected chi connectivity index (χ0v) is 16.1. The van der Waals surface area contributed by atoms with Crippen molar-refractivity contribution in [3.63, 3.8) is 0 Å². The second kappa shape index (κ2) is 7.33. The topological polar surface area (TPSA) is 92.9 Å². The summed E-state index contributed by atoms with van der Waals surface area (Å²) in [6.45, 7) is 5.47. The first-order valence-corrected chi connectivity index (χ1v) is 10.0. The standard InChI is InChI=1S/C20H19N3O3S/c1-13(2)26-20-19(22-16-6-4-5-7-17(16)23-20)18(12-21)27(24,25)15-10-8-14(3)9-11-15/h4-11,13,18H,1-3H3/t18-/m1/s1. The van der Waals surface area contributed by atoms with Gasteiger partial charge < -0.3 is 4.74 Å². The monoisotopic (exact) mass is 381 g/mol. The van der Waals surface area contributed by atoms with Gasteiger partial charge in [0.1, 0.15) is 5.69 Å². The molecule has 0 amide bonds. The van der Waals surface area contributed by atoms with Crippen molar-refractivity contribution in [3.05, 3.63) is 59.8 Å².